The second-order valence-electron chi connectivity index (χ2n) is 2.83. The molecule has 0 saturated heterocycles. The van der Waals surface area contributed by atoms with Gasteiger partial charge in [-0.15, -0.1) is 0 Å². The molecular formula is C9H15FN2. The molecule has 0 fully saturated rings. The van der Waals surface area contributed by atoms with Gasteiger partial charge in [0.2, 0.25) is 0 Å². The maximum Gasteiger partial charge on any atom is 0.0906 e. The Hall–Kier alpha value is -0.830. The van der Waals surface area contributed by atoms with Gasteiger partial charge in [-0.25, -0.2) is 0 Å². The van der Waals surface area contributed by atoms with E-state index in [1.807, 2.05) is 19.3 Å². The average Bonchev–Trinajstić information content (AvgIpc) is 2.46. The van der Waals surface area contributed by atoms with Crippen LogP contribution >= 0.6 is 0 Å². The van der Waals surface area contributed by atoms with Crippen LogP contribution in [-0.4, -0.2) is 17.8 Å². The molecule has 1 rings (SSSR count). The number of alkyl halides is 1. The lowest BCUT2D eigenvalue weighted by Gasteiger charge is -2.04. The largest absolute Gasteiger partial charge is 0.353 e. The van der Waals surface area contributed by atoms with Crippen LogP contribution in [0.2, 0.25) is 0 Å². The number of halogens is 1. The van der Waals surface area contributed by atoms with E-state index in [4.69, 9.17) is 0 Å². The van der Waals surface area contributed by atoms with Gasteiger partial charge in [-0.3, -0.25) is 4.39 Å². The van der Waals surface area contributed by atoms with Gasteiger partial charge in [0.25, 0.3) is 0 Å². The van der Waals surface area contributed by atoms with Gasteiger partial charge in [-0.2, -0.15) is 0 Å². The molecular weight excluding hydrogens is 155 g/mol. The zero-order valence-electron chi connectivity index (χ0n) is 7.39. The Balaban J connectivity index is 2.20. The number of hydrogen-bond acceptors (Lipinski definition) is 1. The number of rotatable bonds is 5. The van der Waals surface area contributed by atoms with E-state index in [0.29, 0.717) is 6.42 Å². The summed E-state index contributed by atoms with van der Waals surface area (Å²) >= 11 is 0. The normalized spacial score (nSPS) is 10.5. The first-order chi connectivity index (χ1) is 5.84. The minimum atomic E-state index is -0.236. The van der Waals surface area contributed by atoms with Crippen molar-refractivity contribution in [2.45, 2.75) is 13.0 Å². The van der Waals surface area contributed by atoms with Crippen molar-refractivity contribution < 1.29 is 4.39 Å². The van der Waals surface area contributed by atoms with Crippen LogP contribution in [-0.2, 0) is 13.6 Å². The highest BCUT2D eigenvalue weighted by Crippen LogP contribution is 1.97. The summed E-state index contributed by atoms with van der Waals surface area (Å²) in [6, 6.07) is 4.06. The van der Waals surface area contributed by atoms with Crippen LogP contribution in [0.25, 0.3) is 0 Å². The second kappa shape index (κ2) is 4.93. The van der Waals surface area contributed by atoms with Crippen LogP contribution in [0, 0.1) is 0 Å². The molecule has 0 unspecified atom stereocenters. The Morgan fingerprint density at radius 2 is 2.42 bits per heavy atom. The Kier molecular flexibility index (Phi) is 3.80. The van der Waals surface area contributed by atoms with E-state index in [1.165, 1.54) is 5.69 Å². The fourth-order valence-electron chi connectivity index (χ4n) is 1.09. The molecule has 0 spiro atoms. The molecule has 1 aromatic heterocycles. The van der Waals surface area contributed by atoms with Crippen LogP contribution in [0.1, 0.15) is 12.1 Å². The Morgan fingerprint density at radius 1 is 1.58 bits per heavy atom. The molecule has 12 heavy (non-hydrogen) atoms. The van der Waals surface area contributed by atoms with E-state index in [0.717, 1.165) is 13.1 Å². The van der Waals surface area contributed by atoms with Gasteiger partial charge in [0, 0.05) is 25.5 Å². The van der Waals surface area contributed by atoms with Gasteiger partial charge < -0.3 is 9.88 Å². The quantitative estimate of drug-likeness (QED) is 0.662. The lowest BCUT2D eigenvalue weighted by atomic mass is 10.4. The highest BCUT2D eigenvalue weighted by molar-refractivity contribution is 5.05. The summed E-state index contributed by atoms with van der Waals surface area (Å²) in [4.78, 5) is 0. The van der Waals surface area contributed by atoms with Gasteiger partial charge >= 0.3 is 0 Å². The SMILES string of the molecule is Cn1cccc1CNCCCF. The maximum absolute atomic E-state index is 11.7. The monoisotopic (exact) mass is 170 g/mol. The van der Waals surface area contributed by atoms with Crippen molar-refractivity contribution in [3.63, 3.8) is 0 Å². The number of nitrogens with one attached hydrogen (secondary N) is 1. The molecule has 0 bridgehead atoms. The Morgan fingerprint density at radius 3 is 3.00 bits per heavy atom. The van der Waals surface area contributed by atoms with Crippen molar-refractivity contribution in [2.75, 3.05) is 13.2 Å². The summed E-state index contributed by atoms with van der Waals surface area (Å²) < 4.78 is 13.8. The van der Waals surface area contributed by atoms with Crippen molar-refractivity contribution in [3.05, 3.63) is 24.0 Å². The molecule has 0 aliphatic rings. The molecule has 1 N–H and O–H groups in total. The van der Waals surface area contributed by atoms with Gasteiger partial charge in [-0.1, -0.05) is 0 Å². The average molecular weight is 170 g/mol. The number of hydrogen-bond donors (Lipinski definition) is 1. The zero-order chi connectivity index (χ0) is 8.81. The molecule has 0 aliphatic carbocycles. The standard InChI is InChI=1S/C9H15FN2/c1-12-7-2-4-9(12)8-11-6-3-5-10/h2,4,7,11H,3,5-6,8H2,1H3. The summed E-state index contributed by atoms with van der Waals surface area (Å²) in [6.07, 6.45) is 2.61. The molecule has 3 heteroatoms. The maximum atomic E-state index is 11.7. The predicted octanol–water partition coefficient (Wildman–Crippen LogP) is 1.47. The summed E-state index contributed by atoms with van der Waals surface area (Å²) in [6.45, 7) is 1.34. The van der Waals surface area contributed by atoms with E-state index in [1.54, 1.807) is 0 Å². The topological polar surface area (TPSA) is 17.0 Å². The first-order valence-corrected chi connectivity index (χ1v) is 4.21. The van der Waals surface area contributed by atoms with E-state index in [-0.39, 0.29) is 6.67 Å². The summed E-state index contributed by atoms with van der Waals surface area (Å²) in [5.41, 5.74) is 1.23. The van der Waals surface area contributed by atoms with Crippen LogP contribution in [0.5, 0.6) is 0 Å². The third-order valence-corrected chi connectivity index (χ3v) is 1.84. The fourth-order valence-corrected chi connectivity index (χ4v) is 1.09. The number of aromatic nitrogens is 1. The third-order valence-electron chi connectivity index (χ3n) is 1.84. The molecule has 0 atom stereocenters. The van der Waals surface area contributed by atoms with E-state index in [2.05, 4.69) is 16.0 Å². The summed E-state index contributed by atoms with van der Waals surface area (Å²) in [5, 5.41) is 3.17. The van der Waals surface area contributed by atoms with Crippen LogP contribution in [0.4, 0.5) is 4.39 Å². The molecule has 68 valence electrons. The van der Waals surface area contributed by atoms with Crippen LogP contribution in [0.3, 0.4) is 0 Å². The molecule has 1 heterocycles. The molecule has 1 aromatic rings. The lowest BCUT2D eigenvalue weighted by Crippen LogP contribution is -2.16. The molecule has 0 saturated carbocycles. The number of nitrogens with zero attached hydrogens (tertiary/aromatic N) is 1. The molecule has 0 aliphatic heterocycles. The highest BCUT2D eigenvalue weighted by Gasteiger charge is 1.94. The zero-order valence-corrected chi connectivity index (χ0v) is 7.39. The van der Waals surface area contributed by atoms with Gasteiger partial charge in [0.15, 0.2) is 0 Å². The third kappa shape index (κ3) is 2.66. The van der Waals surface area contributed by atoms with E-state index >= 15 is 0 Å². The van der Waals surface area contributed by atoms with Crippen molar-refractivity contribution in [3.8, 4) is 0 Å². The van der Waals surface area contributed by atoms with Crippen LogP contribution in [0.15, 0.2) is 18.3 Å². The smallest absolute Gasteiger partial charge is 0.0906 e. The minimum absolute atomic E-state index is 0.236. The predicted molar refractivity (Wildman–Crippen MR) is 47.7 cm³/mol. The van der Waals surface area contributed by atoms with Gasteiger partial charge in [0.1, 0.15) is 0 Å². The van der Waals surface area contributed by atoms with Crippen molar-refractivity contribution in [2.24, 2.45) is 7.05 Å². The first kappa shape index (κ1) is 9.26. The van der Waals surface area contributed by atoms with Crippen molar-refractivity contribution in [1.82, 2.24) is 9.88 Å². The molecule has 0 radical (unpaired) electrons. The number of aryl methyl sites for hydroxylation is 1. The Labute approximate surface area is 72.4 Å². The van der Waals surface area contributed by atoms with Crippen LogP contribution < -0.4 is 5.32 Å². The molecule has 0 amide bonds. The lowest BCUT2D eigenvalue weighted by molar-refractivity contribution is 0.458. The van der Waals surface area contributed by atoms with E-state index < -0.39 is 0 Å². The van der Waals surface area contributed by atoms with E-state index in [9.17, 15) is 4.39 Å². The molecule has 0 aromatic carbocycles. The first-order valence-electron chi connectivity index (χ1n) is 4.21. The summed E-state index contributed by atoms with van der Waals surface area (Å²) in [5.74, 6) is 0. The minimum Gasteiger partial charge on any atom is -0.353 e. The van der Waals surface area contributed by atoms with Crippen molar-refractivity contribution in [1.29, 1.82) is 0 Å². The van der Waals surface area contributed by atoms with Crippen molar-refractivity contribution >= 4 is 0 Å². The fraction of sp³-hybridized carbons (Fsp3) is 0.556. The second-order valence-corrected chi connectivity index (χ2v) is 2.83. The molecule has 2 nitrogen and oxygen atoms in total. The Bertz CT molecular complexity index is 220. The van der Waals surface area contributed by atoms with Gasteiger partial charge in [-0.05, 0) is 25.1 Å². The highest BCUT2D eigenvalue weighted by atomic mass is 19.1. The van der Waals surface area contributed by atoms with Gasteiger partial charge in [0.05, 0.1) is 6.67 Å². The summed E-state index contributed by atoms with van der Waals surface area (Å²) in [7, 11) is 2.01.